The van der Waals surface area contributed by atoms with Crippen LogP contribution < -0.4 is 10.6 Å². The number of unbranched alkanes of at least 4 members (excludes halogenated alkanes) is 7. The van der Waals surface area contributed by atoms with Crippen LogP contribution in [0.1, 0.15) is 69.7 Å². The first-order valence-electron chi connectivity index (χ1n) is 10.6. The molecule has 1 aromatic carbocycles. The number of carbonyl (C=O) groups excluding carboxylic acids is 1. The Morgan fingerprint density at radius 1 is 1.00 bits per heavy atom. The quantitative estimate of drug-likeness (QED) is 0.432. The number of halogens is 1. The van der Waals surface area contributed by atoms with Gasteiger partial charge in [0, 0.05) is 5.56 Å². The Balaban J connectivity index is 0.00000420. The molecule has 1 aromatic heterocycles. The van der Waals surface area contributed by atoms with Crippen LogP contribution >= 0.6 is 12.4 Å². The number of aromatic nitrogens is 2. The summed E-state index contributed by atoms with van der Waals surface area (Å²) in [4.78, 5) is 15.8. The van der Waals surface area contributed by atoms with E-state index in [1.165, 1.54) is 56.9 Å². The molecule has 29 heavy (non-hydrogen) atoms. The van der Waals surface area contributed by atoms with E-state index in [1.54, 1.807) is 7.05 Å². The van der Waals surface area contributed by atoms with Crippen molar-refractivity contribution in [3.05, 3.63) is 35.7 Å². The summed E-state index contributed by atoms with van der Waals surface area (Å²) in [5.74, 6) is 0.853. The summed E-state index contributed by atoms with van der Waals surface area (Å²) in [6, 6.07) is 8.35. The SMILES string of the molecule is CCCCCCCCCCc1ccc(-c2noc(CNC(=O)CNC)n2)cc1.Cl. The van der Waals surface area contributed by atoms with Gasteiger partial charge in [-0.25, -0.2) is 0 Å². The number of hydrogen-bond acceptors (Lipinski definition) is 5. The van der Waals surface area contributed by atoms with Crippen molar-refractivity contribution in [1.29, 1.82) is 0 Å². The summed E-state index contributed by atoms with van der Waals surface area (Å²) < 4.78 is 5.21. The van der Waals surface area contributed by atoms with Crippen LogP contribution in [0.3, 0.4) is 0 Å². The molecule has 0 aliphatic heterocycles. The molecule has 2 rings (SSSR count). The molecule has 0 saturated heterocycles. The number of likely N-dealkylation sites (N-methyl/N-ethyl adjacent to an activating group) is 1. The lowest BCUT2D eigenvalue weighted by Gasteiger charge is -2.03. The number of aryl methyl sites for hydroxylation is 1. The van der Waals surface area contributed by atoms with Crippen molar-refractivity contribution in [2.24, 2.45) is 0 Å². The van der Waals surface area contributed by atoms with E-state index in [2.05, 4.69) is 39.8 Å². The molecule has 1 heterocycles. The molecule has 2 aromatic rings. The van der Waals surface area contributed by atoms with Crippen LogP contribution in [-0.2, 0) is 17.8 Å². The average Bonchev–Trinajstić information content (AvgIpc) is 3.18. The van der Waals surface area contributed by atoms with Gasteiger partial charge < -0.3 is 15.2 Å². The number of nitrogens with zero attached hydrogens (tertiary/aromatic N) is 2. The topological polar surface area (TPSA) is 80.0 Å². The Morgan fingerprint density at radius 2 is 1.66 bits per heavy atom. The second kappa shape index (κ2) is 15.0. The highest BCUT2D eigenvalue weighted by atomic mass is 35.5. The third-order valence-corrected chi connectivity index (χ3v) is 4.77. The minimum atomic E-state index is -0.104. The lowest BCUT2D eigenvalue weighted by molar-refractivity contribution is -0.120. The molecule has 0 aliphatic rings. The molecule has 7 heteroatoms. The summed E-state index contributed by atoms with van der Waals surface area (Å²) in [5, 5.41) is 9.52. The Hall–Kier alpha value is -1.92. The highest BCUT2D eigenvalue weighted by molar-refractivity contribution is 5.85. The fourth-order valence-electron chi connectivity index (χ4n) is 3.12. The third-order valence-electron chi connectivity index (χ3n) is 4.77. The molecule has 0 radical (unpaired) electrons. The summed E-state index contributed by atoms with van der Waals surface area (Å²) in [7, 11) is 1.72. The van der Waals surface area contributed by atoms with Crippen LogP contribution in [0.2, 0.25) is 0 Å². The maximum absolute atomic E-state index is 11.5. The lowest BCUT2D eigenvalue weighted by Crippen LogP contribution is -2.31. The van der Waals surface area contributed by atoms with E-state index >= 15 is 0 Å². The van der Waals surface area contributed by atoms with Crippen LogP contribution in [0.15, 0.2) is 28.8 Å². The van der Waals surface area contributed by atoms with E-state index in [0.717, 1.165) is 12.0 Å². The van der Waals surface area contributed by atoms with Crippen LogP contribution in [0.25, 0.3) is 11.4 Å². The molecular weight excluding hydrogens is 388 g/mol. The molecule has 0 atom stereocenters. The van der Waals surface area contributed by atoms with Crippen molar-refractivity contribution in [2.75, 3.05) is 13.6 Å². The second-order valence-corrected chi connectivity index (χ2v) is 7.24. The van der Waals surface area contributed by atoms with Gasteiger partial charge in [-0.15, -0.1) is 12.4 Å². The number of carbonyl (C=O) groups is 1. The molecule has 0 fully saturated rings. The molecule has 0 unspecified atom stereocenters. The van der Waals surface area contributed by atoms with Crippen LogP contribution in [0, 0.1) is 0 Å². The van der Waals surface area contributed by atoms with E-state index < -0.39 is 0 Å². The first-order valence-corrected chi connectivity index (χ1v) is 10.6. The second-order valence-electron chi connectivity index (χ2n) is 7.24. The number of amides is 1. The van der Waals surface area contributed by atoms with Gasteiger partial charge >= 0.3 is 0 Å². The average molecular weight is 423 g/mol. The Morgan fingerprint density at radius 3 is 2.31 bits per heavy atom. The first-order chi connectivity index (χ1) is 13.7. The van der Waals surface area contributed by atoms with E-state index in [9.17, 15) is 4.79 Å². The minimum absolute atomic E-state index is 0. The molecule has 1 amide bonds. The minimum Gasteiger partial charge on any atom is -0.346 e. The fraction of sp³-hybridized carbons (Fsp3) is 0.591. The monoisotopic (exact) mass is 422 g/mol. The molecule has 0 aliphatic carbocycles. The van der Waals surface area contributed by atoms with Crippen LogP contribution in [-0.4, -0.2) is 29.6 Å². The van der Waals surface area contributed by atoms with Gasteiger partial charge in [-0.3, -0.25) is 4.79 Å². The molecule has 2 N–H and O–H groups in total. The maximum atomic E-state index is 11.5. The van der Waals surface area contributed by atoms with Crippen molar-refractivity contribution in [1.82, 2.24) is 20.8 Å². The standard InChI is InChI=1S/C22H34N4O2.ClH/c1-3-4-5-6-7-8-9-10-11-18-12-14-19(15-13-18)22-25-21(28-26-22)17-24-20(27)16-23-2;/h12-15,23H,3-11,16-17H2,1-2H3,(H,24,27);1H. The largest absolute Gasteiger partial charge is 0.346 e. The zero-order chi connectivity index (χ0) is 20.0. The molecule has 0 saturated carbocycles. The highest BCUT2D eigenvalue weighted by Crippen LogP contribution is 2.18. The smallest absolute Gasteiger partial charge is 0.246 e. The van der Waals surface area contributed by atoms with Crippen LogP contribution in [0.5, 0.6) is 0 Å². The van der Waals surface area contributed by atoms with Gasteiger partial charge in [0.15, 0.2) is 0 Å². The van der Waals surface area contributed by atoms with Crippen molar-refractivity contribution >= 4 is 18.3 Å². The zero-order valence-corrected chi connectivity index (χ0v) is 18.5. The predicted molar refractivity (Wildman–Crippen MR) is 119 cm³/mol. The zero-order valence-electron chi connectivity index (χ0n) is 17.7. The molecule has 0 bridgehead atoms. The normalized spacial score (nSPS) is 10.6. The summed E-state index contributed by atoms with van der Waals surface area (Å²) in [6.07, 6.45) is 11.8. The summed E-state index contributed by atoms with van der Waals surface area (Å²) in [5.41, 5.74) is 2.27. The van der Waals surface area contributed by atoms with E-state index in [-0.39, 0.29) is 31.4 Å². The molecule has 0 spiro atoms. The van der Waals surface area contributed by atoms with Gasteiger partial charge in [0.25, 0.3) is 0 Å². The number of nitrogens with one attached hydrogen (secondary N) is 2. The number of rotatable bonds is 14. The fourth-order valence-corrected chi connectivity index (χ4v) is 3.12. The van der Waals surface area contributed by atoms with Crippen molar-refractivity contribution < 1.29 is 9.32 Å². The predicted octanol–water partition coefficient (Wildman–Crippen LogP) is 4.68. The number of benzene rings is 1. The number of hydrogen-bond donors (Lipinski definition) is 2. The van der Waals surface area contributed by atoms with Gasteiger partial charge in [0.2, 0.25) is 17.6 Å². The van der Waals surface area contributed by atoms with Gasteiger partial charge in [0.1, 0.15) is 0 Å². The lowest BCUT2D eigenvalue weighted by atomic mass is 10.0. The molecule has 162 valence electrons. The maximum Gasteiger partial charge on any atom is 0.246 e. The van der Waals surface area contributed by atoms with E-state index in [4.69, 9.17) is 4.52 Å². The van der Waals surface area contributed by atoms with E-state index in [1.807, 2.05) is 12.1 Å². The van der Waals surface area contributed by atoms with Gasteiger partial charge in [-0.2, -0.15) is 4.98 Å². The highest BCUT2D eigenvalue weighted by Gasteiger charge is 2.09. The van der Waals surface area contributed by atoms with Crippen molar-refractivity contribution in [2.45, 2.75) is 71.3 Å². The molecular formula is C22H35ClN4O2. The Labute approximate surface area is 180 Å². The summed E-state index contributed by atoms with van der Waals surface area (Å²) in [6.45, 7) is 2.76. The Kier molecular flexibility index (Phi) is 13.0. The van der Waals surface area contributed by atoms with Crippen molar-refractivity contribution in [3.63, 3.8) is 0 Å². The Bertz CT molecular complexity index is 688. The van der Waals surface area contributed by atoms with Gasteiger partial charge in [0.05, 0.1) is 13.1 Å². The third kappa shape index (κ3) is 9.90. The first kappa shape index (κ1) is 25.1. The molecule has 6 nitrogen and oxygen atoms in total. The van der Waals surface area contributed by atoms with Gasteiger partial charge in [-0.1, -0.05) is 81.3 Å². The van der Waals surface area contributed by atoms with Gasteiger partial charge in [-0.05, 0) is 25.5 Å². The van der Waals surface area contributed by atoms with E-state index in [0.29, 0.717) is 11.7 Å². The van der Waals surface area contributed by atoms with Crippen molar-refractivity contribution in [3.8, 4) is 11.4 Å². The van der Waals surface area contributed by atoms with Crippen LogP contribution in [0.4, 0.5) is 0 Å². The summed E-state index contributed by atoms with van der Waals surface area (Å²) >= 11 is 0.